The van der Waals surface area contributed by atoms with Gasteiger partial charge in [-0.1, -0.05) is 48.0 Å². The topological polar surface area (TPSA) is 29.3 Å². The first-order valence-electron chi connectivity index (χ1n) is 9.62. The van der Waals surface area contributed by atoms with Gasteiger partial charge in [0.2, 0.25) is 0 Å². The number of hydrogen-bond acceptors (Lipinski definition) is 2. The lowest BCUT2D eigenvalue weighted by atomic mass is 9.79. The predicted octanol–water partition coefficient (Wildman–Crippen LogP) is 4.57. The molecule has 2 aromatic carbocycles. The zero-order valence-electron chi connectivity index (χ0n) is 16.0. The van der Waals surface area contributed by atoms with E-state index in [9.17, 15) is 0 Å². The number of benzene rings is 2. The van der Waals surface area contributed by atoms with E-state index in [2.05, 4.69) is 68.1 Å². The van der Waals surface area contributed by atoms with Gasteiger partial charge in [-0.05, 0) is 87.3 Å². The van der Waals surface area contributed by atoms with Crippen LogP contribution in [0, 0.1) is 26.7 Å². The summed E-state index contributed by atoms with van der Waals surface area (Å²) in [5.41, 5.74) is 13.1. The van der Waals surface area contributed by atoms with Gasteiger partial charge in [0.1, 0.15) is 0 Å². The molecule has 2 nitrogen and oxygen atoms in total. The lowest BCUT2D eigenvalue weighted by molar-refractivity contribution is 0.162. The van der Waals surface area contributed by atoms with E-state index in [-0.39, 0.29) is 0 Å². The number of nitrogens with zero attached hydrogens (tertiary/aromatic N) is 1. The summed E-state index contributed by atoms with van der Waals surface area (Å²) < 4.78 is 0. The fraction of sp³-hybridized carbons (Fsp3) is 0.478. The van der Waals surface area contributed by atoms with Gasteiger partial charge in [0.05, 0.1) is 0 Å². The van der Waals surface area contributed by atoms with Gasteiger partial charge >= 0.3 is 0 Å². The van der Waals surface area contributed by atoms with E-state index in [0.29, 0.717) is 11.8 Å². The number of piperidine rings is 1. The van der Waals surface area contributed by atoms with Crippen LogP contribution in [0.4, 0.5) is 0 Å². The van der Waals surface area contributed by atoms with Crippen LogP contribution in [0.3, 0.4) is 0 Å². The molecule has 3 rings (SSSR count). The Kier molecular flexibility index (Phi) is 5.93. The van der Waals surface area contributed by atoms with Crippen molar-refractivity contribution in [3.8, 4) is 0 Å². The van der Waals surface area contributed by atoms with Crippen LogP contribution in [0.15, 0.2) is 42.5 Å². The molecule has 2 N–H and O–H groups in total. The van der Waals surface area contributed by atoms with E-state index >= 15 is 0 Å². The Morgan fingerprint density at radius 1 is 0.960 bits per heavy atom. The Morgan fingerprint density at radius 2 is 1.64 bits per heavy atom. The molecule has 1 aliphatic heterocycles. The molecule has 1 fully saturated rings. The van der Waals surface area contributed by atoms with E-state index in [1.165, 1.54) is 53.7 Å². The lowest BCUT2D eigenvalue weighted by Crippen LogP contribution is -2.36. The molecule has 0 saturated carbocycles. The van der Waals surface area contributed by atoms with Crippen molar-refractivity contribution in [2.24, 2.45) is 11.7 Å². The summed E-state index contributed by atoms with van der Waals surface area (Å²) in [7, 11) is 0. The smallest absolute Gasteiger partial charge is 0.0233 e. The zero-order valence-corrected chi connectivity index (χ0v) is 16.0. The highest BCUT2D eigenvalue weighted by Gasteiger charge is 2.27. The molecule has 134 valence electrons. The van der Waals surface area contributed by atoms with Crippen molar-refractivity contribution in [3.63, 3.8) is 0 Å². The van der Waals surface area contributed by atoms with Gasteiger partial charge in [0, 0.05) is 6.54 Å². The highest BCUT2D eigenvalue weighted by molar-refractivity contribution is 5.32. The van der Waals surface area contributed by atoms with Gasteiger partial charge in [0.15, 0.2) is 0 Å². The number of likely N-dealkylation sites (tertiary alicyclic amines) is 1. The van der Waals surface area contributed by atoms with Crippen LogP contribution in [-0.2, 0) is 6.54 Å². The minimum Gasteiger partial charge on any atom is -0.330 e. The van der Waals surface area contributed by atoms with Crippen molar-refractivity contribution in [3.05, 3.63) is 70.3 Å². The molecule has 2 aromatic rings. The molecular weight excluding hydrogens is 304 g/mol. The largest absolute Gasteiger partial charge is 0.330 e. The second-order valence-electron chi connectivity index (χ2n) is 7.79. The molecule has 1 unspecified atom stereocenters. The molecule has 0 aliphatic carbocycles. The van der Waals surface area contributed by atoms with E-state index in [0.717, 1.165) is 13.1 Å². The van der Waals surface area contributed by atoms with Crippen LogP contribution in [0.5, 0.6) is 0 Å². The Bertz CT molecular complexity index is 682. The number of rotatable bonds is 5. The number of aryl methyl sites for hydroxylation is 3. The third-order valence-electron chi connectivity index (χ3n) is 5.94. The van der Waals surface area contributed by atoms with Crippen molar-refractivity contribution in [2.75, 3.05) is 19.6 Å². The van der Waals surface area contributed by atoms with E-state index in [4.69, 9.17) is 5.73 Å². The molecule has 1 saturated heterocycles. The molecule has 0 amide bonds. The first kappa shape index (κ1) is 18.2. The van der Waals surface area contributed by atoms with E-state index < -0.39 is 0 Å². The molecular formula is C23H32N2. The normalized spacial score (nSPS) is 17.6. The highest BCUT2D eigenvalue weighted by atomic mass is 15.1. The van der Waals surface area contributed by atoms with E-state index in [1.54, 1.807) is 0 Å². The van der Waals surface area contributed by atoms with Crippen LogP contribution in [0.2, 0.25) is 0 Å². The summed E-state index contributed by atoms with van der Waals surface area (Å²) in [6, 6.07) is 15.8. The minimum atomic E-state index is 0.501. The molecule has 0 bridgehead atoms. The SMILES string of the molecule is Cc1ccc(CN2CCC(C(CN)c3ccc(C)c(C)c3)CC2)cc1. The Balaban J connectivity index is 1.60. The third kappa shape index (κ3) is 4.50. The Labute approximate surface area is 153 Å². The van der Waals surface area contributed by atoms with Crippen LogP contribution in [0.1, 0.15) is 46.6 Å². The molecule has 0 radical (unpaired) electrons. The fourth-order valence-electron chi connectivity index (χ4n) is 4.06. The van der Waals surface area contributed by atoms with Gasteiger partial charge in [0.25, 0.3) is 0 Å². The van der Waals surface area contributed by atoms with Crippen molar-refractivity contribution in [1.82, 2.24) is 4.90 Å². The van der Waals surface area contributed by atoms with Gasteiger partial charge in [-0.2, -0.15) is 0 Å². The summed E-state index contributed by atoms with van der Waals surface area (Å²) in [5, 5.41) is 0. The molecule has 1 heterocycles. The molecule has 2 heteroatoms. The first-order valence-corrected chi connectivity index (χ1v) is 9.62. The monoisotopic (exact) mass is 336 g/mol. The van der Waals surface area contributed by atoms with Crippen LogP contribution < -0.4 is 5.73 Å². The second kappa shape index (κ2) is 8.16. The first-order chi connectivity index (χ1) is 12.1. The van der Waals surface area contributed by atoms with Crippen LogP contribution in [-0.4, -0.2) is 24.5 Å². The number of hydrogen-bond donors (Lipinski definition) is 1. The molecule has 1 atom stereocenters. The molecule has 1 aliphatic rings. The molecule has 25 heavy (non-hydrogen) atoms. The summed E-state index contributed by atoms with van der Waals surface area (Å²) in [6.07, 6.45) is 2.50. The van der Waals surface area contributed by atoms with Crippen LogP contribution >= 0.6 is 0 Å². The maximum atomic E-state index is 6.18. The fourth-order valence-corrected chi connectivity index (χ4v) is 4.06. The summed E-state index contributed by atoms with van der Waals surface area (Å²) >= 11 is 0. The van der Waals surface area contributed by atoms with Gasteiger partial charge in [-0.15, -0.1) is 0 Å². The lowest BCUT2D eigenvalue weighted by Gasteiger charge is -2.36. The summed E-state index contributed by atoms with van der Waals surface area (Å²) in [5.74, 6) is 1.21. The highest BCUT2D eigenvalue weighted by Crippen LogP contribution is 2.33. The quantitative estimate of drug-likeness (QED) is 0.867. The molecule has 0 spiro atoms. The summed E-state index contributed by atoms with van der Waals surface area (Å²) in [6.45, 7) is 10.7. The third-order valence-corrected chi connectivity index (χ3v) is 5.94. The Morgan fingerprint density at radius 3 is 2.24 bits per heavy atom. The average Bonchev–Trinajstić information content (AvgIpc) is 2.62. The van der Waals surface area contributed by atoms with Crippen molar-refractivity contribution < 1.29 is 0 Å². The predicted molar refractivity (Wildman–Crippen MR) is 107 cm³/mol. The maximum Gasteiger partial charge on any atom is 0.0233 e. The van der Waals surface area contributed by atoms with Gasteiger partial charge < -0.3 is 5.73 Å². The zero-order chi connectivity index (χ0) is 17.8. The van der Waals surface area contributed by atoms with Crippen molar-refractivity contribution in [2.45, 2.75) is 46.1 Å². The minimum absolute atomic E-state index is 0.501. The number of nitrogens with two attached hydrogens (primary N) is 1. The van der Waals surface area contributed by atoms with Crippen LogP contribution in [0.25, 0.3) is 0 Å². The standard InChI is InChI=1S/C23H32N2/c1-17-4-7-20(8-5-17)16-25-12-10-21(11-13-25)23(15-24)22-9-6-18(2)19(3)14-22/h4-9,14,21,23H,10-13,15-16,24H2,1-3H3. The second-order valence-corrected chi connectivity index (χ2v) is 7.79. The molecule has 0 aromatic heterocycles. The van der Waals surface area contributed by atoms with E-state index in [1.807, 2.05) is 0 Å². The Hall–Kier alpha value is -1.64. The maximum absolute atomic E-state index is 6.18. The average molecular weight is 337 g/mol. The van der Waals surface area contributed by atoms with Gasteiger partial charge in [-0.3, -0.25) is 4.90 Å². The van der Waals surface area contributed by atoms with Gasteiger partial charge in [-0.25, -0.2) is 0 Å². The van der Waals surface area contributed by atoms with Crippen molar-refractivity contribution in [1.29, 1.82) is 0 Å². The van der Waals surface area contributed by atoms with Crippen molar-refractivity contribution >= 4 is 0 Å². The summed E-state index contributed by atoms with van der Waals surface area (Å²) in [4.78, 5) is 2.59.